The van der Waals surface area contributed by atoms with Crippen LogP contribution < -0.4 is 0 Å². The maximum absolute atomic E-state index is 12.4. The molecule has 0 bridgehead atoms. The Kier molecular flexibility index (Phi) is 3.94. The molecule has 0 amide bonds. The number of hydrogen-bond acceptors (Lipinski definition) is 3. The Labute approximate surface area is 118 Å². The molecule has 0 aliphatic heterocycles. The first-order chi connectivity index (χ1) is 9.27. The van der Waals surface area contributed by atoms with E-state index in [9.17, 15) is 18.0 Å². The summed E-state index contributed by atoms with van der Waals surface area (Å²) in [6.07, 6.45) is -3.42. The second-order valence-corrected chi connectivity index (χ2v) is 5.58. The van der Waals surface area contributed by atoms with Crippen molar-refractivity contribution in [2.45, 2.75) is 26.4 Å². The highest BCUT2D eigenvalue weighted by molar-refractivity contribution is 7.13. The van der Waals surface area contributed by atoms with Gasteiger partial charge in [0.1, 0.15) is 0 Å². The summed E-state index contributed by atoms with van der Waals surface area (Å²) < 4.78 is 37.3. The SMILES string of the molecule is Cc1ccc(CC(=O)c2cnc(C(F)(F)F)s2)cc1C. The summed E-state index contributed by atoms with van der Waals surface area (Å²) in [4.78, 5) is 15.2. The number of aromatic nitrogens is 1. The predicted octanol–water partition coefficient (Wildman–Crippen LogP) is 4.20. The Bertz CT molecular complexity index is 646. The van der Waals surface area contributed by atoms with E-state index in [1.165, 1.54) is 0 Å². The molecular weight excluding hydrogens is 287 g/mol. The van der Waals surface area contributed by atoms with Gasteiger partial charge in [0.15, 0.2) is 10.8 Å². The van der Waals surface area contributed by atoms with Crippen LogP contribution in [0.2, 0.25) is 0 Å². The van der Waals surface area contributed by atoms with E-state index in [0.29, 0.717) is 11.3 Å². The molecule has 6 heteroatoms. The summed E-state index contributed by atoms with van der Waals surface area (Å²) in [5.41, 5.74) is 2.95. The first-order valence-corrected chi connectivity index (χ1v) is 6.71. The van der Waals surface area contributed by atoms with E-state index in [1.807, 2.05) is 32.0 Å². The Morgan fingerprint density at radius 1 is 1.25 bits per heavy atom. The zero-order chi connectivity index (χ0) is 14.9. The van der Waals surface area contributed by atoms with E-state index in [-0.39, 0.29) is 17.1 Å². The van der Waals surface area contributed by atoms with Gasteiger partial charge in [0.2, 0.25) is 0 Å². The summed E-state index contributed by atoms with van der Waals surface area (Å²) in [5, 5.41) is -0.985. The number of hydrogen-bond donors (Lipinski definition) is 0. The largest absolute Gasteiger partial charge is 0.443 e. The molecule has 2 nitrogen and oxygen atoms in total. The first kappa shape index (κ1) is 14.7. The minimum Gasteiger partial charge on any atom is -0.293 e. The number of aryl methyl sites for hydroxylation is 2. The van der Waals surface area contributed by atoms with E-state index in [0.717, 1.165) is 22.9 Å². The molecule has 0 aliphatic rings. The number of alkyl halides is 3. The van der Waals surface area contributed by atoms with Crippen LogP contribution in [0.3, 0.4) is 0 Å². The third-order valence-electron chi connectivity index (χ3n) is 2.96. The van der Waals surface area contributed by atoms with E-state index in [1.54, 1.807) is 0 Å². The Morgan fingerprint density at radius 2 is 1.95 bits per heavy atom. The van der Waals surface area contributed by atoms with Crippen LogP contribution in [0.5, 0.6) is 0 Å². The number of nitrogens with zero attached hydrogens (tertiary/aromatic N) is 1. The number of ketones is 1. The molecule has 0 radical (unpaired) electrons. The van der Waals surface area contributed by atoms with Gasteiger partial charge < -0.3 is 0 Å². The number of rotatable bonds is 3. The number of benzene rings is 1. The minimum atomic E-state index is -4.50. The quantitative estimate of drug-likeness (QED) is 0.795. The van der Waals surface area contributed by atoms with Crippen molar-refractivity contribution >= 4 is 17.1 Å². The van der Waals surface area contributed by atoms with Gasteiger partial charge in [-0.05, 0) is 30.5 Å². The van der Waals surface area contributed by atoms with Crippen LogP contribution in [-0.2, 0) is 12.6 Å². The molecule has 0 atom stereocenters. The topological polar surface area (TPSA) is 30.0 Å². The standard InChI is InChI=1S/C14H12F3NOS/c1-8-3-4-10(5-9(8)2)6-11(19)12-7-18-13(20-12)14(15,16)17/h3-5,7H,6H2,1-2H3. The third kappa shape index (κ3) is 3.25. The van der Waals surface area contributed by atoms with Crippen molar-refractivity contribution in [1.82, 2.24) is 4.98 Å². The second-order valence-electron chi connectivity index (χ2n) is 4.55. The van der Waals surface area contributed by atoms with E-state index in [4.69, 9.17) is 0 Å². The second kappa shape index (κ2) is 5.36. The molecule has 0 aliphatic carbocycles. The van der Waals surface area contributed by atoms with Crippen molar-refractivity contribution in [1.29, 1.82) is 0 Å². The molecule has 1 aromatic carbocycles. The van der Waals surface area contributed by atoms with Crippen molar-refractivity contribution in [3.05, 3.63) is 51.0 Å². The van der Waals surface area contributed by atoms with Crippen LogP contribution in [0.1, 0.15) is 31.4 Å². The average Bonchev–Trinajstić information content (AvgIpc) is 2.83. The van der Waals surface area contributed by atoms with E-state index >= 15 is 0 Å². The van der Waals surface area contributed by atoms with Gasteiger partial charge in [-0.25, -0.2) is 4.98 Å². The van der Waals surface area contributed by atoms with E-state index in [2.05, 4.69) is 4.98 Å². The molecule has 1 aromatic heterocycles. The number of halogens is 3. The van der Waals surface area contributed by atoms with Crippen LogP contribution in [0.25, 0.3) is 0 Å². The normalized spacial score (nSPS) is 11.7. The molecule has 0 saturated heterocycles. The number of thiazole rings is 1. The molecule has 0 saturated carbocycles. The van der Waals surface area contributed by atoms with Crippen molar-refractivity contribution in [2.24, 2.45) is 0 Å². The molecule has 106 valence electrons. The summed E-state index contributed by atoms with van der Waals surface area (Å²) >= 11 is 0.389. The highest BCUT2D eigenvalue weighted by Gasteiger charge is 2.35. The smallest absolute Gasteiger partial charge is 0.293 e. The summed E-state index contributed by atoms with van der Waals surface area (Å²) in [5.74, 6) is -0.346. The highest BCUT2D eigenvalue weighted by Crippen LogP contribution is 2.32. The van der Waals surface area contributed by atoms with Gasteiger partial charge in [0.05, 0.1) is 4.88 Å². The molecule has 0 unspecified atom stereocenters. The van der Waals surface area contributed by atoms with Gasteiger partial charge in [-0.2, -0.15) is 13.2 Å². The molecule has 1 heterocycles. The first-order valence-electron chi connectivity index (χ1n) is 5.89. The average molecular weight is 299 g/mol. The van der Waals surface area contributed by atoms with Crippen LogP contribution >= 0.6 is 11.3 Å². The Morgan fingerprint density at radius 3 is 2.50 bits per heavy atom. The Hall–Kier alpha value is -1.69. The fourth-order valence-corrected chi connectivity index (χ4v) is 2.44. The van der Waals surface area contributed by atoms with Crippen molar-refractivity contribution in [3.63, 3.8) is 0 Å². The monoisotopic (exact) mass is 299 g/mol. The predicted molar refractivity (Wildman–Crippen MR) is 71.1 cm³/mol. The summed E-state index contributed by atoms with van der Waals surface area (Å²) in [6, 6.07) is 5.58. The van der Waals surface area contributed by atoms with Crippen molar-refractivity contribution < 1.29 is 18.0 Å². The fourth-order valence-electron chi connectivity index (χ4n) is 1.72. The lowest BCUT2D eigenvalue weighted by atomic mass is 10.0. The van der Waals surface area contributed by atoms with Crippen molar-refractivity contribution in [2.75, 3.05) is 0 Å². The lowest BCUT2D eigenvalue weighted by Crippen LogP contribution is -2.03. The molecule has 2 rings (SSSR count). The van der Waals surface area contributed by atoms with Crippen LogP contribution in [0.4, 0.5) is 13.2 Å². The van der Waals surface area contributed by atoms with Gasteiger partial charge in [-0.3, -0.25) is 4.79 Å². The minimum absolute atomic E-state index is 0.0375. The summed E-state index contributed by atoms with van der Waals surface area (Å²) in [7, 11) is 0. The molecule has 0 N–H and O–H groups in total. The van der Waals surface area contributed by atoms with Gasteiger partial charge >= 0.3 is 6.18 Å². The van der Waals surface area contributed by atoms with Crippen LogP contribution in [0.15, 0.2) is 24.4 Å². The third-order valence-corrected chi connectivity index (χ3v) is 4.04. The maximum Gasteiger partial charge on any atom is 0.443 e. The molecule has 0 fully saturated rings. The highest BCUT2D eigenvalue weighted by atomic mass is 32.1. The van der Waals surface area contributed by atoms with Crippen LogP contribution in [0, 0.1) is 13.8 Å². The van der Waals surface area contributed by atoms with Gasteiger partial charge in [-0.15, -0.1) is 11.3 Å². The van der Waals surface area contributed by atoms with Crippen molar-refractivity contribution in [3.8, 4) is 0 Å². The zero-order valence-corrected chi connectivity index (χ0v) is 11.7. The fraction of sp³-hybridized carbons (Fsp3) is 0.286. The van der Waals surface area contributed by atoms with Gasteiger partial charge in [-0.1, -0.05) is 18.2 Å². The lowest BCUT2D eigenvalue weighted by molar-refractivity contribution is -0.137. The summed E-state index contributed by atoms with van der Waals surface area (Å²) in [6.45, 7) is 3.89. The number of carbonyl (C=O) groups is 1. The van der Waals surface area contributed by atoms with Gasteiger partial charge in [0.25, 0.3) is 0 Å². The number of carbonyl (C=O) groups excluding carboxylic acids is 1. The molecule has 0 spiro atoms. The maximum atomic E-state index is 12.4. The van der Waals surface area contributed by atoms with E-state index < -0.39 is 11.2 Å². The molecule has 2 aromatic rings. The molecule has 20 heavy (non-hydrogen) atoms. The molecular formula is C14H12F3NOS. The zero-order valence-electron chi connectivity index (χ0n) is 10.9. The van der Waals surface area contributed by atoms with Gasteiger partial charge in [0, 0.05) is 12.6 Å². The Balaban J connectivity index is 2.16. The lowest BCUT2D eigenvalue weighted by Gasteiger charge is -2.04. The van der Waals surface area contributed by atoms with Crippen LogP contribution in [-0.4, -0.2) is 10.8 Å². The number of Topliss-reactive ketones (excluding diaryl/α,β-unsaturated/α-hetero) is 1.